The van der Waals surface area contributed by atoms with E-state index in [1.807, 2.05) is 12.3 Å². The Hall–Kier alpha value is -2.00. The number of amides is 2. The lowest BCUT2D eigenvalue weighted by atomic mass is 10.2. The highest BCUT2D eigenvalue weighted by atomic mass is 33.1. The second kappa shape index (κ2) is 8.13. The van der Waals surface area contributed by atoms with Gasteiger partial charge in [0.25, 0.3) is 5.91 Å². The van der Waals surface area contributed by atoms with Crippen molar-refractivity contribution in [1.82, 2.24) is 5.32 Å². The molecule has 9 heteroatoms. The molecule has 2 unspecified atom stereocenters. The van der Waals surface area contributed by atoms with E-state index >= 15 is 0 Å². The van der Waals surface area contributed by atoms with E-state index in [0.717, 1.165) is 12.1 Å². The molecule has 0 aromatic heterocycles. The van der Waals surface area contributed by atoms with Crippen molar-refractivity contribution < 1.29 is 23.8 Å². The molecule has 1 aromatic carbocycles. The number of carbonyl (C=O) groups excluding carboxylic acids is 2. The molecule has 1 N–H and O–H groups in total. The molecule has 140 valence electrons. The van der Waals surface area contributed by atoms with Crippen LogP contribution in [0.4, 0.5) is 10.5 Å². The van der Waals surface area contributed by atoms with Crippen molar-refractivity contribution in [1.29, 1.82) is 0 Å². The quantitative estimate of drug-likeness (QED) is 0.740. The van der Waals surface area contributed by atoms with Crippen LogP contribution in [0.25, 0.3) is 0 Å². The predicted molar refractivity (Wildman–Crippen MR) is 103 cm³/mol. The first-order chi connectivity index (χ1) is 12.6. The van der Waals surface area contributed by atoms with Gasteiger partial charge in [-0.2, -0.15) is 0 Å². The lowest BCUT2D eigenvalue weighted by Gasteiger charge is -2.21. The number of carbonyl (C=O) groups is 2. The van der Waals surface area contributed by atoms with Crippen LogP contribution in [-0.2, 0) is 9.53 Å². The molecular weight excluding hydrogens is 376 g/mol. The van der Waals surface area contributed by atoms with Crippen LogP contribution in [0.15, 0.2) is 29.3 Å². The van der Waals surface area contributed by atoms with Crippen molar-refractivity contribution in [2.45, 2.75) is 24.6 Å². The van der Waals surface area contributed by atoms with Gasteiger partial charge in [-0.05, 0) is 18.6 Å². The number of anilines is 1. The number of nitrogens with one attached hydrogen (secondary N) is 1. The Bertz CT molecular complexity index is 740. The smallest absolute Gasteiger partial charge is 0.407 e. The Labute approximate surface area is 159 Å². The first-order valence-corrected chi connectivity index (χ1v) is 10.4. The normalized spacial score (nSPS) is 21.3. The van der Waals surface area contributed by atoms with E-state index in [1.165, 1.54) is 21.6 Å². The summed E-state index contributed by atoms with van der Waals surface area (Å²) in [7, 11) is 6.19. The van der Waals surface area contributed by atoms with Crippen LogP contribution in [0, 0.1) is 0 Å². The summed E-state index contributed by atoms with van der Waals surface area (Å²) in [4.78, 5) is 26.6. The van der Waals surface area contributed by atoms with E-state index in [4.69, 9.17) is 14.2 Å². The fraction of sp³-hybridized carbons (Fsp3) is 0.412. The van der Waals surface area contributed by atoms with Crippen molar-refractivity contribution in [2.75, 3.05) is 25.7 Å². The Morgan fingerprint density at radius 3 is 2.81 bits per heavy atom. The lowest BCUT2D eigenvalue weighted by Crippen LogP contribution is -2.45. The van der Waals surface area contributed by atoms with Gasteiger partial charge in [0, 0.05) is 17.2 Å². The summed E-state index contributed by atoms with van der Waals surface area (Å²) < 4.78 is 15.7. The average Bonchev–Trinajstić information content (AvgIpc) is 3.22. The van der Waals surface area contributed by atoms with Crippen LogP contribution < -0.4 is 19.7 Å². The minimum absolute atomic E-state index is 0.173. The summed E-state index contributed by atoms with van der Waals surface area (Å²) in [6, 6.07) is 4.59. The van der Waals surface area contributed by atoms with Gasteiger partial charge < -0.3 is 19.5 Å². The third-order valence-corrected chi connectivity index (χ3v) is 6.42. The molecule has 2 aliphatic rings. The molecule has 1 saturated heterocycles. The third kappa shape index (κ3) is 3.45. The monoisotopic (exact) mass is 396 g/mol. The fourth-order valence-electron chi connectivity index (χ4n) is 2.78. The zero-order chi connectivity index (χ0) is 18.7. The first kappa shape index (κ1) is 18.8. The maximum Gasteiger partial charge on any atom is 0.407 e. The Morgan fingerprint density at radius 2 is 2.12 bits per heavy atom. The summed E-state index contributed by atoms with van der Waals surface area (Å²) in [6.07, 6.45) is 0.144. The van der Waals surface area contributed by atoms with Crippen molar-refractivity contribution in [3.05, 3.63) is 29.3 Å². The molecule has 2 amide bonds. The molecular formula is C17H20N2O5S2. The summed E-state index contributed by atoms with van der Waals surface area (Å²) in [5.41, 5.74) is 1.44. The van der Waals surface area contributed by atoms with Gasteiger partial charge in [-0.15, -0.1) is 0 Å². The number of hydrogen-bond donors (Lipinski definition) is 1. The molecule has 2 atom stereocenters. The molecule has 0 aliphatic carbocycles. The van der Waals surface area contributed by atoms with Gasteiger partial charge in [0.15, 0.2) is 0 Å². The van der Waals surface area contributed by atoms with Gasteiger partial charge in [-0.25, -0.2) is 4.79 Å². The van der Waals surface area contributed by atoms with Gasteiger partial charge in [0.1, 0.15) is 17.5 Å². The lowest BCUT2D eigenvalue weighted by molar-refractivity contribution is -0.118. The predicted octanol–water partition coefficient (Wildman–Crippen LogP) is 3.16. The Balaban J connectivity index is 1.89. The minimum Gasteiger partial charge on any atom is -0.497 e. The third-order valence-electron chi connectivity index (χ3n) is 4.01. The summed E-state index contributed by atoms with van der Waals surface area (Å²) >= 11 is 0. The fourth-order valence-corrected chi connectivity index (χ4v) is 5.41. The summed E-state index contributed by atoms with van der Waals surface area (Å²) in [5, 5.41) is 4.46. The van der Waals surface area contributed by atoms with Gasteiger partial charge in [-0.1, -0.05) is 28.5 Å². The Kier molecular flexibility index (Phi) is 5.87. The van der Waals surface area contributed by atoms with Crippen LogP contribution in [0.2, 0.25) is 0 Å². The zero-order valence-electron chi connectivity index (χ0n) is 14.7. The molecule has 0 saturated carbocycles. The maximum atomic E-state index is 13.1. The molecule has 1 fully saturated rings. The minimum atomic E-state index is -0.683. The highest BCUT2D eigenvalue weighted by Gasteiger charge is 2.49. The summed E-state index contributed by atoms with van der Waals surface area (Å²) in [6.45, 7) is 2.23. The number of fused-ring (bicyclic) bond motifs is 1. The summed E-state index contributed by atoms with van der Waals surface area (Å²) in [5.74, 6) is 0.940. The highest BCUT2D eigenvalue weighted by molar-refractivity contribution is 8.78. The van der Waals surface area contributed by atoms with Crippen molar-refractivity contribution >= 4 is 39.3 Å². The second-order valence-electron chi connectivity index (χ2n) is 5.63. The number of nitrogens with zero attached hydrogens (tertiary/aromatic N) is 1. The molecule has 7 nitrogen and oxygen atoms in total. The van der Waals surface area contributed by atoms with E-state index < -0.39 is 12.1 Å². The van der Waals surface area contributed by atoms with Crippen LogP contribution in [-0.4, -0.2) is 44.1 Å². The maximum absolute atomic E-state index is 13.1. The number of ether oxygens (including phenoxy) is 3. The van der Waals surface area contributed by atoms with Crippen LogP contribution >= 0.6 is 21.6 Å². The standard InChI is InChI=1S/C17H20N2O5S2/c1-4-7-24-17(21)18-14-15-12(9-25-26-15)19(16(14)20)11-6-5-10(22-2)8-13(11)23-3/h5-6,8-9,14-15H,4,7H2,1-3H3,(H,18,21). The van der Waals surface area contributed by atoms with Gasteiger partial charge >= 0.3 is 6.09 Å². The molecule has 0 bridgehead atoms. The number of hydrogen-bond acceptors (Lipinski definition) is 7. The number of rotatable bonds is 6. The average molecular weight is 396 g/mol. The first-order valence-electron chi connectivity index (χ1n) is 8.12. The highest BCUT2D eigenvalue weighted by Crippen LogP contribution is 2.50. The van der Waals surface area contributed by atoms with Crippen LogP contribution in [0.1, 0.15) is 13.3 Å². The second-order valence-corrected chi connectivity index (χ2v) is 7.91. The van der Waals surface area contributed by atoms with Crippen LogP contribution in [0.5, 0.6) is 11.5 Å². The molecule has 1 aromatic rings. The Morgan fingerprint density at radius 1 is 1.31 bits per heavy atom. The van der Waals surface area contributed by atoms with E-state index in [0.29, 0.717) is 23.8 Å². The molecule has 2 heterocycles. The topological polar surface area (TPSA) is 77.1 Å². The van der Waals surface area contributed by atoms with E-state index in [9.17, 15) is 9.59 Å². The van der Waals surface area contributed by atoms with Crippen molar-refractivity contribution in [2.24, 2.45) is 0 Å². The SMILES string of the molecule is CCCOC(=O)NC1C(=O)N(c2ccc(OC)cc2OC)C2=CSSC21. The van der Waals surface area contributed by atoms with E-state index in [2.05, 4.69) is 5.32 Å². The number of alkyl carbamates (subject to hydrolysis) is 1. The van der Waals surface area contributed by atoms with Crippen molar-refractivity contribution in [3.63, 3.8) is 0 Å². The molecule has 0 radical (unpaired) electrons. The van der Waals surface area contributed by atoms with Crippen LogP contribution in [0.3, 0.4) is 0 Å². The molecule has 3 rings (SSSR count). The number of benzene rings is 1. The van der Waals surface area contributed by atoms with Gasteiger partial charge in [0.2, 0.25) is 0 Å². The van der Waals surface area contributed by atoms with E-state index in [1.54, 1.807) is 37.3 Å². The largest absolute Gasteiger partial charge is 0.497 e. The van der Waals surface area contributed by atoms with Gasteiger partial charge in [-0.3, -0.25) is 9.69 Å². The molecule has 26 heavy (non-hydrogen) atoms. The van der Waals surface area contributed by atoms with Gasteiger partial charge in [0.05, 0.1) is 31.8 Å². The molecule has 2 aliphatic heterocycles. The van der Waals surface area contributed by atoms with Crippen molar-refractivity contribution in [3.8, 4) is 11.5 Å². The number of methoxy groups -OCH3 is 2. The van der Waals surface area contributed by atoms with E-state index in [-0.39, 0.29) is 11.2 Å². The molecule has 0 spiro atoms. The zero-order valence-corrected chi connectivity index (χ0v) is 16.3.